The maximum absolute atomic E-state index is 13.2. The topological polar surface area (TPSA) is 71.8 Å². The number of rotatable bonds is 4. The summed E-state index contributed by atoms with van der Waals surface area (Å²) in [6, 6.07) is 16.4. The minimum atomic E-state index is -0.411. The fraction of sp³-hybridized carbons (Fsp3) is 0.150. The molecule has 1 aliphatic heterocycles. The molecule has 2 aromatic carbocycles. The number of carbonyl (C=O) groups is 1. The van der Waals surface area contributed by atoms with Gasteiger partial charge < -0.3 is 10.6 Å². The van der Waals surface area contributed by atoms with Crippen molar-refractivity contribution in [3.05, 3.63) is 76.5 Å². The Bertz CT molecular complexity index is 1050. The molecule has 1 aromatic heterocycles. The lowest BCUT2D eigenvalue weighted by Gasteiger charge is -2.28. The van der Waals surface area contributed by atoms with Crippen LogP contribution in [0.15, 0.2) is 71.0 Å². The van der Waals surface area contributed by atoms with Crippen LogP contribution in [0.5, 0.6) is 0 Å². The van der Waals surface area contributed by atoms with E-state index in [1.54, 1.807) is 4.68 Å². The molecule has 0 spiro atoms. The Morgan fingerprint density at radius 2 is 1.89 bits per heavy atom. The van der Waals surface area contributed by atoms with Gasteiger partial charge in [0.1, 0.15) is 6.04 Å². The van der Waals surface area contributed by atoms with E-state index in [-0.39, 0.29) is 5.91 Å². The first-order valence-corrected chi connectivity index (χ1v) is 10.3. The highest BCUT2D eigenvalue weighted by Crippen LogP contribution is 2.36. The van der Waals surface area contributed by atoms with Crippen LogP contribution in [0, 0.1) is 0 Å². The normalized spacial score (nSPS) is 15.8. The highest BCUT2D eigenvalue weighted by Gasteiger charge is 2.34. The first-order chi connectivity index (χ1) is 13.6. The summed E-state index contributed by atoms with van der Waals surface area (Å²) in [5, 5.41) is 12.0. The van der Waals surface area contributed by atoms with Crippen molar-refractivity contribution in [2.24, 2.45) is 0 Å². The van der Waals surface area contributed by atoms with E-state index in [1.807, 2.05) is 67.8 Å². The first kappa shape index (κ1) is 18.6. The molecule has 1 aliphatic rings. The van der Waals surface area contributed by atoms with E-state index in [0.717, 1.165) is 16.9 Å². The van der Waals surface area contributed by atoms with Gasteiger partial charge in [-0.3, -0.25) is 4.79 Å². The van der Waals surface area contributed by atoms with Crippen LogP contribution >= 0.6 is 23.4 Å². The molecule has 3 aromatic rings. The van der Waals surface area contributed by atoms with Crippen LogP contribution < -0.4 is 10.6 Å². The largest absolute Gasteiger partial charge is 0.328 e. The molecule has 0 saturated heterocycles. The van der Waals surface area contributed by atoms with Crippen molar-refractivity contribution in [1.82, 2.24) is 14.8 Å². The quantitative estimate of drug-likeness (QED) is 0.615. The minimum absolute atomic E-state index is 0.192. The Hall–Kier alpha value is -2.77. The average molecular weight is 412 g/mol. The van der Waals surface area contributed by atoms with Crippen LogP contribution in [0.25, 0.3) is 0 Å². The van der Waals surface area contributed by atoms with E-state index < -0.39 is 6.04 Å². The number of hydrogen-bond donors (Lipinski definition) is 2. The van der Waals surface area contributed by atoms with Gasteiger partial charge in [-0.1, -0.05) is 53.7 Å². The van der Waals surface area contributed by atoms with Gasteiger partial charge in [-0.25, -0.2) is 4.68 Å². The zero-order valence-electron chi connectivity index (χ0n) is 15.3. The van der Waals surface area contributed by atoms with Crippen molar-refractivity contribution < 1.29 is 4.79 Å². The van der Waals surface area contributed by atoms with Gasteiger partial charge >= 0.3 is 0 Å². The minimum Gasteiger partial charge on any atom is -0.328 e. The molecule has 2 heterocycles. The van der Waals surface area contributed by atoms with E-state index in [2.05, 4.69) is 20.7 Å². The van der Waals surface area contributed by atoms with Gasteiger partial charge in [-0.05, 0) is 43.0 Å². The lowest BCUT2D eigenvalue weighted by Crippen LogP contribution is -2.31. The summed E-state index contributed by atoms with van der Waals surface area (Å²) < 4.78 is 1.75. The Labute approximate surface area is 172 Å². The number of allylic oxidation sites excluding steroid dienone is 1. The molecular formula is C20H18ClN5OS. The van der Waals surface area contributed by atoms with Crippen molar-refractivity contribution >= 4 is 40.9 Å². The Balaban J connectivity index is 1.79. The van der Waals surface area contributed by atoms with E-state index >= 15 is 0 Å². The summed E-state index contributed by atoms with van der Waals surface area (Å²) in [4.78, 5) is 17.7. The molecule has 0 aliphatic carbocycles. The molecule has 1 amide bonds. The third-order valence-electron chi connectivity index (χ3n) is 4.48. The molecular weight excluding hydrogens is 394 g/mol. The number of fused-ring (bicyclic) bond motifs is 1. The molecule has 6 nitrogen and oxygen atoms in total. The van der Waals surface area contributed by atoms with Gasteiger partial charge in [0.15, 0.2) is 0 Å². The number of hydrogen-bond acceptors (Lipinski definition) is 5. The maximum Gasteiger partial charge on any atom is 0.255 e. The number of anilines is 2. The molecule has 28 heavy (non-hydrogen) atoms. The summed E-state index contributed by atoms with van der Waals surface area (Å²) in [5.74, 6) is 0.418. The molecule has 142 valence electrons. The molecule has 1 unspecified atom stereocenters. The number of thioether (sulfide) groups is 1. The van der Waals surface area contributed by atoms with Crippen molar-refractivity contribution in [3.63, 3.8) is 0 Å². The number of halogens is 1. The zero-order chi connectivity index (χ0) is 19.7. The van der Waals surface area contributed by atoms with Crippen molar-refractivity contribution in [3.8, 4) is 0 Å². The molecule has 0 fully saturated rings. The van der Waals surface area contributed by atoms with Crippen LogP contribution in [0.1, 0.15) is 18.5 Å². The lowest BCUT2D eigenvalue weighted by atomic mass is 9.95. The summed E-state index contributed by atoms with van der Waals surface area (Å²) in [7, 11) is 0. The van der Waals surface area contributed by atoms with E-state index in [4.69, 9.17) is 11.6 Å². The highest BCUT2D eigenvalue weighted by atomic mass is 35.5. The van der Waals surface area contributed by atoms with Gasteiger partial charge in [0, 0.05) is 16.4 Å². The lowest BCUT2D eigenvalue weighted by molar-refractivity contribution is -0.113. The van der Waals surface area contributed by atoms with E-state index in [1.165, 1.54) is 11.8 Å². The molecule has 0 radical (unpaired) electrons. The van der Waals surface area contributed by atoms with Crippen molar-refractivity contribution in [2.75, 3.05) is 16.9 Å². The molecule has 8 heteroatoms. The van der Waals surface area contributed by atoms with Crippen molar-refractivity contribution in [1.29, 1.82) is 0 Å². The smallest absolute Gasteiger partial charge is 0.255 e. The molecule has 2 N–H and O–H groups in total. The van der Waals surface area contributed by atoms with E-state index in [9.17, 15) is 4.79 Å². The number of para-hydroxylation sites is 1. The fourth-order valence-corrected chi connectivity index (χ4v) is 3.66. The van der Waals surface area contributed by atoms with Crippen LogP contribution in [-0.4, -0.2) is 26.9 Å². The van der Waals surface area contributed by atoms with Crippen LogP contribution in [0.2, 0.25) is 5.02 Å². The van der Waals surface area contributed by atoms with Crippen LogP contribution in [0.4, 0.5) is 11.6 Å². The molecule has 0 bridgehead atoms. The Morgan fingerprint density at radius 3 is 2.57 bits per heavy atom. The van der Waals surface area contributed by atoms with Gasteiger partial charge in [-0.2, -0.15) is 4.98 Å². The van der Waals surface area contributed by atoms with Gasteiger partial charge in [0.05, 0.1) is 5.57 Å². The average Bonchev–Trinajstić information content (AvgIpc) is 3.11. The van der Waals surface area contributed by atoms with Gasteiger partial charge in [0.25, 0.3) is 5.91 Å². The summed E-state index contributed by atoms with van der Waals surface area (Å²) in [5.41, 5.74) is 2.95. The summed E-state index contributed by atoms with van der Waals surface area (Å²) in [6.45, 7) is 1.87. The number of carbonyl (C=O) groups excluding carboxylic acids is 1. The predicted molar refractivity (Wildman–Crippen MR) is 113 cm³/mol. The SMILES string of the molecule is CSc1nc2n(n1)C(c1ccc(Cl)cc1)C(C(=O)Nc1ccccc1)=C(C)N2. The second-order valence-corrected chi connectivity index (χ2v) is 7.51. The predicted octanol–water partition coefficient (Wildman–Crippen LogP) is 4.58. The Kier molecular flexibility index (Phi) is 5.11. The summed E-state index contributed by atoms with van der Waals surface area (Å²) in [6.07, 6.45) is 1.92. The number of benzene rings is 2. The second kappa shape index (κ2) is 7.69. The van der Waals surface area contributed by atoms with Crippen LogP contribution in [0.3, 0.4) is 0 Å². The number of nitrogens with one attached hydrogen (secondary N) is 2. The third-order valence-corrected chi connectivity index (χ3v) is 5.27. The van der Waals surface area contributed by atoms with Crippen molar-refractivity contribution in [2.45, 2.75) is 18.1 Å². The third kappa shape index (κ3) is 3.50. The molecule has 0 saturated carbocycles. The molecule has 1 atom stereocenters. The zero-order valence-corrected chi connectivity index (χ0v) is 16.9. The van der Waals surface area contributed by atoms with Crippen LogP contribution in [-0.2, 0) is 4.79 Å². The summed E-state index contributed by atoms with van der Waals surface area (Å²) >= 11 is 7.52. The van der Waals surface area contributed by atoms with Gasteiger partial charge in [0.2, 0.25) is 11.1 Å². The van der Waals surface area contributed by atoms with E-state index in [0.29, 0.717) is 21.7 Å². The second-order valence-electron chi connectivity index (χ2n) is 6.30. The number of amides is 1. The number of nitrogens with zero attached hydrogens (tertiary/aromatic N) is 3. The first-order valence-electron chi connectivity index (χ1n) is 8.67. The monoisotopic (exact) mass is 411 g/mol. The fourth-order valence-electron chi connectivity index (χ4n) is 3.19. The highest BCUT2D eigenvalue weighted by molar-refractivity contribution is 7.98. The molecule has 4 rings (SSSR count). The Morgan fingerprint density at radius 1 is 1.18 bits per heavy atom. The maximum atomic E-state index is 13.2. The van der Waals surface area contributed by atoms with Gasteiger partial charge in [-0.15, -0.1) is 5.10 Å². The number of aromatic nitrogens is 3. The standard InChI is InChI=1S/C20H18ClN5OS/c1-12-16(18(27)23-15-6-4-3-5-7-15)17(13-8-10-14(21)11-9-13)26-19(22-12)24-20(25-26)28-2/h3-11,17H,1-2H3,(H,23,27)(H,22,24,25).